The number of amides is 1. The molecule has 7 heteroatoms. The molecule has 0 bridgehead atoms. The standard InChI is InChI=1S/C24H26N2O4S/c1-17(2)23(18-12-14-21(30-3)15-13-18)25-24(27)19-8-7-9-20(16-19)26-31(28,29)22-10-5-4-6-11-22/h4-17,23,26H,1-3H3,(H,25,27). The molecule has 1 amide bonds. The summed E-state index contributed by atoms with van der Waals surface area (Å²) in [7, 11) is -2.13. The first-order chi connectivity index (χ1) is 14.8. The summed E-state index contributed by atoms with van der Waals surface area (Å²) in [5.41, 5.74) is 1.65. The van der Waals surface area contributed by atoms with Crippen LogP contribution >= 0.6 is 0 Å². The number of anilines is 1. The van der Waals surface area contributed by atoms with E-state index in [9.17, 15) is 13.2 Å². The molecule has 162 valence electrons. The predicted molar refractivity (Wildman–Crippen MR) is 122 cm³/mol. The first kappa shape index (κ1) is 22.4. The first-order valence-corrected chi connectivity index (χ1v) is 11.4. The van der Waals surface area contributed by atoms with Crippen LogP contribution in [0.3, 0.4) is 0 Å². The second kappa shape index (κ2) is 9.66. The Balaban J connectivity index is 1.78. The van der Waals surface area contributed by atoms with Gasteiger partial charge < -0.3 is 10.1 Å². The molecule has 0 radical (unpaired) electrons. The van der Waals surface area contributed by atoms with Gasteiger partial charge in [-0.05, 0) is 53.9 Å². The molecule has 0 aliphatic rings. The molecule has 3 aromatic carbocycles. The maximum atomic E-state index is 12.9. The van der Waals surface area contributed by atoms with Gasteiger partial charge in [0.15, 0.2) is 0 Å². The second-order valence-corrected chi connectivity index (χ2v) is 9.15. The summed E-state index contributed by atoms with van der Waals surface area (Å²) in [5.74, 6) is 0.614. The minimum atomic E-state index is -3.74. The Hall–Kier alpha value is -3.32. The largest absolute Gasteiger partial charge is 0.497 e. The fraction of sp³-hybridized carbons (Fsp3) is 0.208. The van der Waals surface area contributed by atoms with Crippen molar-refractivity contribution >= 4 is 21.6 Å². The van der Waals surface area contributed by atoms with Crippen LogP contribution in [0, 0.1) is 5.92 Å². The molecular weight excluding hydrogens is 412 g/mol. The van der Waals surface area contributed by atoms with Gasteiger partial charge in [-0.3, -0.25) is 9.52 Å². The third-order valence-corrected chi connectivity index (χ3v) is 6.26. The van der Waals surface area contributed by atoms with Crippen LogP contribution in [0.1, 0.15) is 35.8 Å². The van der Waals surface area contributed by atoms with Crippen molar-refractivity contribution in [1.29, 1.82) is 0 Å². The van der Waals surface area contributed by atoms with Crippen molar-refractivity contribution in [3.05, 3.63) is 90.0 Å². The summed E-state index contributed by atoms with van der Waals surface area (Å²) in [6.45, 7) is 4.05. The summed E-state index contributed by atoms with van der Waals surface area (Å²) >= 11 is 0. The topological polar surface area (TPSA) is 84.5 Å². The van der Waals surface area contributed by atoms with Gasteiger partial charge in [0.2, 0.25) is 0 Å². The number of methoxy groups -OCH3 is 1. The van der Waals surface area contributed by atoms with Crippen molar-refractivity contribution in [2.45, 2.75) is 24.8 Å². The molecule has 0 saturated carbocycles. The SMILES string of the molecule is COc1ccc(C(NC(=O)c2cccc(NS(=O)(=O)c3ccccc3)c2)C(C)C)cc1. The normalized spacial score (nSPS) is 12.3. The number of hydrogen-bond donors (Lipinski definition) is 2. The monoisotopic (exact) mass is 438 g/mol. The number of nitrogens with one attached hydrogen (secondary N) is 2. The highest BCUT2D eigenvalue weighted by molar-refractivity contribution is 7.92. The average molecular weight is 439 g/mol. The van der Waals surface area contributed by atoms with Gasteiger partial charge in [-0.15, -0.1) is 0 Å². The summed E-state index contributed by atoms with van der Waals surface area (Å²) in [6.07, 6.45) is 0. The lowest BCUT2D eigenvalue weighted by Gasteiger charge is -2.23. The lowest BCUT2D eigenvalue weighted by atomic mass is 9.95. The van der Waals surface area contributed by atoms with Crippen molar-refractivity contribution in [3.8, 4) is 5.75 Å². The molecule has 0 aliphatic carbocycles. The third-order valence-electron chi connectivity index (χ3n) is 4.86. The zero-order valence-electron chi connectivity index (χ0n) is 17.7. The van der Waals surface area contributed by atoms with Gasteiger partial charge in [0.25, 0.3) is 15.9 Å². The Labute approximate surface area is 183 Å². The Morgan fingerprint density at radius 1 is 0.903 bits per heavy atom. The fourth-order valence-corrected chi connectivity index (χ4v) is 4.28. The molecule has 3 rings (SSSR count). The van der Waals surface area contributed by atoms with Crippen LogP contribution in [0.15, 0.2) is 83.8 Å². The number of ether oxygens (including phenoxy) is 1. The summed E-state index contributed by atoms with van der Waals surface area (Å²) in [6, 6.07) is 21.9. The van der Waals surface area contributed by atoms with Gasteiger partial charge in [0, 0.05) is 11.3 Å². The zero-order chi connectivity index (χ0) is 22.4. The minimum Gasteiger partial charge on any atom is -0.497 e. The molecule has 6 nitrogen and oxygen atoms in total. The number of sulfonamides is 1. The molecule has 0 fully saturated rings. The van der Waals surface area contributed by atoms with Crippen LogP contribution in [0.2, 0.25) is 0 Å². The maximum Gasteiger partial charge on any atom is 0.261 e. The van der Waals surface area contributed by atoms with Crippen LogP contribution < -0.4 is 14.8 Å². The van der Waals surface area contributed by atoms with E-state index >= 15 is 0 Å². The molecule has 1 unspecified atom stereocenters. The van der Waals surface area contributed by atoms with Gasteiger partial charge in [0.05, 0.1) is 18.0 Å². The van der Waals surface area contributed by atoms with Gasteiger partial charge in [-0.1, -0.05) is 50.2 Å². The molecule has 1 atom stereocenters. The minimum absolute atomic E-state index is 0.150. The molecule has 0 aromatic heterocycles. The van der Waals surface area contributed by atoms with E-state index in [-0.39, 0.29) is 22.8 Å². The molecule has 0 spiro atoms. The van der Waals surface area contributed by atoms with Crippen LogP contribution in [-0.4, -0.2) is 21.4 Å². The quantitative estimate of drug-likeness (QED) is 0.537. The Morgan fingerprint density at radius 2 is 1.58 bits per heavy atom. The van der Waals surface area contributed by atoms with Gasteiger partial charge in [0.1, 0.15) is 5.75 Å². The summed E-state index contributed by atoms with van der Waals surface area (Å²) < 4.78 is 32.9. The van der Waals surface area contributed by atoms with Crippen molar-refractivity contribution < 1.29 is 17.9 Å². The average Bonchev–Trinajstić information content (AvgIpc) is 2.77. The summed E-state index contributed by atoms with van der Waals surface area (Å²) in [5, 5.41) is 3.05. The summed E-state index contributed by atoms with van der Waals surface area (Å²) in [4.78, 5) is 13.1. The lowest BCUT2D eigenvalue weighted by molar-refractivity contribution is 0.0925. The number of benzene rings is 3. The van der Waals surface area contributed by atoms with Crippen molar-refractivity contribution in [2.75, 3.05) is 11.8 Å². The molecule has 0 aliphatic heterocycles. The van der Waals surface area contributed by atoms with Gasteiger partial charge in [-0.25, -0.2) is 8.42 Å². The highest BCUT2D eigenvalue weighted by atomic mass is 32.2. The van der Waals surface area contributed by atoms with Crippen LogP contribution in [0.25, 0.3) is 0 Å². The van der Waals surface area contributed by atoms with Crippen molar-refractivity contribution in [3.63, 3.8) is 0 Å². The van der Waals surface area contributed by atoms with E-state index in [1.807, 2.05) is 38.1 Å². The molecule has 31 heavy (non-hydrogen) atoms. The lowest BCUT2D eigenvalue weighted by Crippen LogP contribution is -2.31. The highest BCUT2D eigenvalue weighted by Crippen LogP contribution is 2.25. The van der Waals surface area contributed by atoms with Crippen molar-refractivity contribution in [2.24, 2.45) is 5.92 Å². The number of rotatable bonds is 8. The number of carbonyl (C=O) groups is 1. The van der Waals surface area contributed by atoms with Crippen LogP contribution in [0.5, 0.6) is 5.75 Å². The van der Waals surface area contributed by atoms with E-state index in [0.717, 1.165) is 11.3 Å². The fourth-order valence-electron chi connectivity index (χ4n) is 3.21. The van der Waals surface area contributed by atoms with E-state index < -0.39 is 10.0 Å². The number of hydrogen-bond acceptors (Lipinski definition) is 4. The van der Waals surface area contributed by atoms with Gasteiger partial charge >= 0.3 is 0 Å². The zero-order valence-corrected chi connectivity index (χ0v) is 18.5. The van der Waals surface area contributed by atoms with E-state index in [2.05, 4.69) is 10.0 Å². The van der Waals surface area contributed by atoms with Gasteiger partial charge in [-0.2, -0.15) is 0 Å². The van der Waals surface area contributed by atoms with E-state index in [1.165, 1.54) is 18.2 Å². The Kier molecular flexibility index (Phi) is 6.97. The first-order valence-electron chi connectivity index (χ1n) is 9.93. The molecule has 2 N–H and O–H groups in total. The van der Waals surface area contributed by atoms with E-state index in [1.54, 1.807) is 43.5 Å². The van der Waals surface area contributed by atoms with Crippen LogP contribution in [0.4, 0.5) is 5.69 Å². The second-order valence-electron chi connectivity index (χ2n) is 7.47. The predicted octanol–water partition coefficient (Wildman–Crippen LogP) is 4.62. The molecular formula is C24H26N2O4S. The van der Waals surface area contributed by atoms with E-state index in [0.29, 0.717) is 11.3 Å². The van der Waals surface area contributed by atoms with Crippen LogP contribution in [-0.2, 0) is 10.0 Å². The number of carbonyl (C=O) groups excluding carboxylic acids is 1. The maximum absolute atomic E-state index is 12.9. The molecule has 0 heterocycles. The highest BCUT2D eigenvalue weighted by Gasteiger charge is 2.20. The Bertz CT molecular complexity index is 1130. The molecule has 3 aromatic rings. The van der Waals surface area contributed by atoms with E-state index in [4.69, 9.17) is 4.74 Å². The Morgan fingerprint density at radius 3 is 2.19 bits per heavy atom. The molecule has 0 saturated heterocycles. The van der Waals surface area contributed by atoms with Crippen molar-refractivity contribution in [1.82, 2.24) is 5.32 Å². The smallest absolute Gasteiger partial charge is 0.261 e. The third kappa shape index (κ3) is 5.64.